The Labute approximate surface area is 208 Å². The molecule has 4 rings (SSSR count). The number of nitriles is 1. The molecule has 0 aliphatic rings. The molecule has 4 aromatic rings. The van der Waals surface area contributed by atoms with E-state index in [9.17, 15) is 10.1 Å². The molecular formula is C28H20Cl2N2O2. The fraction of sp³-hybridized carbons (Fsp3) is 0.0714. The van der Waals surface area contributed by atoms with Crippen LogP contribution in [0.2, 0.25) is 10.0 Å². The molecule has 34 heavy (non-hydrogen) atoms. The van der Waals surface area contributed by atoms with Crippen molar-refractivity contribution in [1.82, 2.24) is 0 Å². The van der Waals surface area contributed by atoms with Crippen molar-refractivity contribution in [2.24, 2.45) is 0 Å². The number of hydrogen-bond acceptors (Lipinski definition) is 3. The monoisotopic (exact) mass is 486 g/mol. The molecule has 0 fully saturated rings. The van der Waals surface area contributed by atoms with Crippen LogP contribution in [0.1, 0.15) is 16.7 Å². The zero-order chi connectivity index (χ0) is 24.1. The van der Waals surface area contributed by atoms with Crippen molar-refractivity contribution in [3.63, 3.8) is 0 Å². The fourth-order valence-electron chi connectivity index (χ4n) is 3.59. The highest BCUT2D eigenvalue weighted by Gasteiger charge is 2.13. The predicted octanol–water partition coefficient (Wildman–Crippen LogP) is 7.58. The number of anilines is 1. The molecule has 0 saturated heterocycles. The maximum atomic E-state index is 12.7. The smallest absolute Gasteiger partial charge is 0.266 e. The van der Waals surface area contributed by atoms with E-state index in [0.29, 0.717) is 33.7 Å². The third-order valence-electron chi connectivity index (χ3n) is 5.39. The molecule has 168 valence electrons. The molecule has 1 N–H and O–H groups in total. The molecule has 0 radical (unpaired) electrons. The largest absolute Gasteiger partial charge is 0.488 e. The third-order valence-corrected chi connectivity index (χ3v) is 5.87. The first-order valence-corrected chi connectivity index (χ1v) is 11.3. The van der Waals surface area contributed by atoms with Gasteiger partial charge < -0.3 is 10.1 Å². The van der Waals surface area contributed by atoms with Gasteiger partial charge in [0.2, 0.25) is 0 Å². The standard InChI is InChI=1S/C28H20Cl2N2O2/c1-18-6-7-19-4-2-3-5-25(19)26(18)17-34-27-13-10-23(30)15-20(27)14-21(16-31)28(33)32-24-11-8-22(29)9-12-24/h2-15H,17H2,1H3,(H,32,33)/b21-14+. The Balaban J connectivity index is 1.61. The Morgan fingerprint density at radius 1 is 1.00 bits per heavy atom. The number of rotatable bonds is 6. The van der Waals surface area contributed by atoms with Gasteiger partial charge in [-0.1, -0.05) is 59.6 Å². The molecule has 6 heteroatoms. The van der Waals surface area contributed by atoms with Gasteiger partial charge >= 0.3 is 0 Å². The van der Waals surface area contributed by atoms with Gasteiger partial charge in [-0.15, -0.1) is 0 Å². The lowest BCUT2D eigenvalue weighted by molar-refractivity contribution is -0.112. The van der Waals surface area contributed by atoms with Crippen molar-refractivity contribution < 1.29 is 9.53 Å². The van der Waals surface area contributed by atoms with Gasteiger partial charge in [0.25, 0.3) is 5.91 Å². The Hall–Kier alpha value is -3.78. The first-order valence-electron chi connectivity index (χ1n) is 10.5. The second-order valence-corrected chi connectivity index (χ2v) is 8.56. The lowest BCUT2D eigenvalue weighted by Gasteiger charge is -2.14. The summed E-state index contributed by atoms with van der Waals surface area (Å²) in [5.74, 6) is -0.0237. The maximum Gasteiger partial charge on any atom is 0.266 e. The van der Waals surface area contributed by atoms with Crippen LogP contribution in [0.25, 0.3) is 16.8 Å². The normalized spacial score (nSPS) is 11.2. The lowest BCUT2D eigenvalue weighted by atomic mass is 10.0. The molecule has 0 aliphatic heterocycles. The van der Waals surface area contributed by atoms with Gasteiger partial charge in [-0.05, 0) is 71.8 Å². The SMILES string of the molecule is Cc1ccc2ccccc2c1COc1ccc(Cl)cc1/C=C(\C#N)C(=O)Nc1ccc(Cl)cc1. The highest BCUT2D eigenvalue weighted by molar-refractivity contribution is 6.31. The molecule has 0 aromatic heterocycles. The van der Waals surface area contributed by atoms with Crippen LogP contribution in [0.3, 0.4) is 0 Å². The van der Waals surface area contributed by atoms with E-state index < -0.39 is 5.91 Å². The highest BCUT2D eigenvalue weighted by atomic mass is 35.5. The van der Waals surface area contributed by atoms with Gasteiger partial charge in [-0.25, -0.2) is 0 Å². The van der Waals surface area contributed by atoms with E-state index in [0.717, 1.165) is 21.9 Å². The maximum absolute atomic E-state index is 12.7. The van der Waals surface area contributed by atoms with Gasteiger partial charge in [0.1, 0.15) is 24.0 Å². The minimum atomic E-state index is -0.541. The summed E-state index contributed by atoms with van der Waals surface area (Å²) in [4.78, 5) is 12.7. The van der Waals surface area contributed by atoms with E-state index in [1.807, 2.05) is 25.1 Å². The van der Waals surface area contributed by atoms with Crippen molar-refractivity contribution in [2.45, 2.75) is 13.5 Å². The van der Waals surface area contributed by atoms with Crippen molar-refractivity contribution in [2.75, 3.05) is 5.32 Å². The Kier molecular flexibility index (Phi) is 7.18. The van der Waals surface area contributed by atoms with E-state index in [1.165, 1.54) is 6.08 Å². The van der Waals surface area contributed by atoms with Crippen LogP contribution in [0.15, 0.2) is 84.4 Å². The van der Waals surface area contributed by atoms with E-state index in [4.69, 9.17) is 27.9 Å². The van der Waals surface area contributed by atoms with Crippen LogP contribution in [-0.4, -0.2) is 5.91 Å². The molecule has 4 aromatic carbocycles. The van der Waals surface area contributed by atoms with Gasteiger partial charge in [0.05, 0.1) is 0 Å². The fourth-order valence-corrected chi connectivity index (χ4v) is 3.89. The summed E-state index contributed by atoms with van der Waals surface area (Å²) in [6.45, 7) is 2.37. The topological polar surface area (TPSA) is 62.1 Å². The number of ether oxygens (including phenoxy) is 1. The predicted molar refractivity (Wildman–Crippen MR) is 138 cm³/mol. The first kappa shape index (κ1) is 23.4. The van der Waals surface area contributed by atoms with Gasteiger partial charge in [-0.2, -0.15) is 5.26 Å². The quantitative estimate of drug-likeness (QED) is 0.225. The van der Waals surface area contributed by atoms with Crippen LogP contribution >= 0.6 is 23.2 Å². The second-order valence-electron chi connectivity index (χ2n) is 7.68. The first-order chi connectivity index (χ1) is 16.4. The number of amides is 1. The number of fused-ring (bicyclic) bond motifs is 1. The Morgan fingerprint density at radius 3 is 2.50 bits per heavy atom. The number of carbonyl (C=O) groups is 1. The van der Waals surface area contributed by atoms with E-state index >= 15 is 0 Å². The van der Waals surface area contributed by atoms with Crippen LogP contribution < -0.4 is 10.1 Å². The molecule has 0 atom stereocenters. The van der Waals surface area contributed by atoms with Gasteiger partial charge in [-0.3, -0.25) is 4.79 Å². The number of aryl methyl sites for hydroxylation is 1. The van der Waals surface area contributed by atoms with Crippen LogP contribution in [0.4, 0.5) is 5.69 Å². The lowest BCUT2D eigenvalue weighted by Crippen LogP contribution is -2.13. The molecule has 0 saturated carbocycles. The number of hydrogen-bond donors (Lipinski definition) is 1. The number of halogens is 2. The average molecular weight is 487 g/mol. The zero-order valence-electron chi connectivity index (χ0n) is 18.3. The van der Waals surface area contributed by atoms with Crippen molar-refractivity contribution in [3.05, 3.63) is 111 Å². The molecule has 0 unspecified atom stereocenters. The minimum absolute atomic E-state index is 0.0802. The number of nitrogens with zero attached hydrogens (tertiary/aromatic N) is 1. The molecular weight excluding hydrogens is 467 g/mol. The summed E-state index contributed by atoms with van der Waals surface area (Å²) in [7, 11) is 0. The number of benzene rings is 4. The summed E-state index contributed by atoms with van der Waals surface area (Å²) >= 11 is 12.1. The average Bonchev–Trinajstić information content (AvgIpc) is 2.84. The molecule has 0 bridgehead atoms. The minimum Gasteiger partial charge on any atom is -0.488 e. The summed E-state index contributed by atoms with van der Waals surface area (Å²) in [6, 6.07) is 26.0. The third kappa shape index (κ3) is 5.40. The highest BCUT2D eigenvalue weighted by Crippen LogP contribution is 2.29. The van der Waals surface area contributed by atoms with Crippen LogP contribution in [0.5, 0.6) is 5.75 Å². The molecule has 0 heterocycles. The number of carbonyl (C=O) groups excluding carboxylic acids is 1. The van der Waals surface area contributed by atoms with E-state index in [2.05, 4.69) is 29.6 Å². The van der Waals surface area contributed by atoms with Gasteiger partial charge in [0, 0.05) is 26.9 Å². The zero-order valence-corrected chi connectivity index (χ0v) is 19.8. The number of nitrogens with one attached hydrogen (secondary N) is 1. The van der Waals surface area contributed by atoms with Crippen molar-refractivity contribution in [3.8, 4) is 11.8 Å². The van der Waals surface area contributed by atoms with Crippen LogP contribution in [0, 0.1) is 18.3 Å². The van der Waals surface area contributed by atoms with Gasteiger partial charge in [0.15, 0.2) is 0 Å². The molecule has 0 spiro atoms. The summed E-state index contributed by atoms with van der Waals surface area (Å²) in [5.41, 5.74) is 3.18. The van der Waals surface area contributed by atoms with Crippen LogP contribution in [-0.2, 0) is 11.4 Å². The Morgan fingerprint density at radius 2 is 1.74 bits per heavy atom. The van der Waals surface area contributed by atoms with E-state index in [-0.39, 0.29) is 5.57 Å². The summed E-state index contributed by atoms with van der Waals surface area (Å²) in [5, 5.41) is 15.6. The molecule has 4 nitrogen and oxygen atoms in total. The van der Waals surface area contributed by atoms with E-state index in [1.54, 1.807) is 42.5 Å². The Bertz CT molecular complexity index is 1440. The second kappa shape index (κ2) is 10.4. The molecule has 0 aliphatic carbocycles. The summed E-state index contributed by atoms with van der Waals surface area (Å²) < 4.78 is 6.16. The molecule has 1 amide bonds. The summed E-state index contributed by atoms with van der Waals surface area (Å²) in [6.07, 6.45) is 1.47. The van der Waals surface area contributed by atoms with Crippen molar-refractivity contribution in [1.29, 1.82) is 5.26 Å². The van der Waals surface area contributed by atoms with Crippen molar-refractivity contribution >= 4 is 51.6 Å².